The summed E-state index contributed by atoms with van der Waals surface area (Å²) in [6, 6.07) is 22.2. The van der Waals surface area contributed by atoms with Gasteiger partial charge in [0.2, 0.25) is 5.96 Å². The summed E-state index contributed by atoms with van der Waals surface area (Å²) < 4.78 is 27.7. The van der Waals surface area contributed by atoms with Gasteiger partial charge < -0.3 is 5.73 Å². The Morgan fingerprint density at radius 1 is 1.04 bits per heavy atom. The lowest BCUT2D eigenvalue weighted by atomic mass is 10.0. The number of nitrogens with zero attached hydrogens (tertiary/aromatic N) is 1. The third-order valence-electron chi connectivity index (χ3n) is 4.12. The van der Waals surface area contributed by atoms with Crippen molar-refractivity contribution in [2.24, 2.45) is 10.7 Å². The summed E-state index contributed by atoms with van der Waals surface area (Å²) in [5, 5.41) is 0. The Morgan fingerprint density at radius 2 is 1.71 bits per heavy atom. The van der Waals surface area contributed by atoms with E-state index in [0.717, 1.165) is 21.2 Å². The van der Waals surface area contributed by atoms with Crippen LogP contribution in [0.4, 0.5) is 0 Å². The van der Waals surface area contributed by atoms with Crippen LogP contribution in [0.3, 0.4) is 0 Å². The minimum atomic E-state index is -3.73. The van der Waals surface area contributed by atoms with Crippen LogP contribution in [0.5, 0.6) is 0 Å². The van der Waals surface area contributed by atoms with Gasteiger partial charge in [0.25, 0.3) is 10.0 Å². The van der Waals surface area contributed by atoms with E-state index in [9.17, 15) is 8.42 Å². The van der Waals surface area contributed by atoms with Crippen molar-refractivity contribution >= 4 is 31.9 Å². The van der Waals surface area contributed by atoms with E-state index < -0.39 is 10.0 Å². The lowest BCUT2D eigenvalue weighted by Gasteiger charge is -2.09. The number of aliphatic imine (C=N–C) groups is 1. The molecule has 0 amide bonds. The molecule has 3 aromatic carbocycles. The Morgan fingerprint density at radius 3 is 2.36 bits per heavy atom. The molecular formula is C21H20BrN3O2S. The summed E-state index contributed by atoms with van der Waals surface area (Å²) in [6.45, 7) is 2.31. The van der Waals surface area contributed by atoms with Crippen molar-refractivity contribution in [3.8, 4) is 11.1 Å². The van der Waals surface area contributed by atoms with Gasteiger partial charge in [0.1, 0.15) is 0 Å². The smallest absolute Gasteiger partial charge is 0.264 e. The van der Waals surface area contributed by atoms with Crippen LogP contribution >= 0.6 is 15.9 Å². The standard InChI is InChI=1S/C21H20BrN3O2S/c1-15-7-10-17(11-8-15)19-12-9-16(13-20(19)22)14-24-21(23)25-28(26,27)18-5-3-2-4-6-18/h2-13H,14H2,1H3,(H3,23,24,25). The normalized spacial score (nSPS) is 12.0. The van der Waals surface area contributed by atoms with E-state index in [1.807, 2.05) is 18.2 Å². The van der Waals surface area contributed by atoms with Gasteiger partial charge in [-0.2, -0.15) is 0 Å². The first-order chi connectivity index (χ1) is 13.3. The number of rotatable bonds is 5. The third kappa shape index (κ3) is 4.99. The molecular weight excluding hydrogens is 438 g/mol. The van der Waals surface area contributed by atoms with Crippen LogP contribution in [0.2, 0.25) is 0 Å². The summed E-state index contributed by atoms with van der Waals surface area (Å²) in [6.07, 6.45) is 0. The summed E-state index contributed by atoms with van der Waals surface area (Å²) in [5.41, 5.74) is 10.1. The second-order valence-corrected chi connectivity index (χ2v) is 8.84. The van der Waals surface area contributed by atoms with Crippen LogP contribution in [0.25, 0.3) is 11.1 Å². The highest BCUT2D eigenvalue weighted by atomic mass is 79.9. The van der Waals surface area contributed by atoms with E-state index in [4.69, 9.17) is 5.73 Å². The first kappa shape index (κ1) is 20.1. The molecule has 0 aliphatic rings. The van der Waals surface area contributed by atoms with Crippen LogP contribution < -0.4 is 10.5 Å². The Bertz CT molecular complexity index is 1100. The fourth-order valence-corrected chi connectivity index (χ4v) is 4.26. The van der Waals surface area contributed by atoms with Crippen LogP contribution in [0.1, 0.15) is 11.1 Å². The van der Waals surface area contributed by atoms with Crippen molar-refractivity contribution in [3.63, 3.8) is 0 Å². The predicted molar refractivity (Wildman–Crippen MR) is 116 cm³/mol. The van der Waals surface area contributed by atoms with E-state index in [1.165, 1.54) is 17.7 Å². The molecule has 0 aliphatic heterocycles. The molecule has 0 bridgehead atoms. The van der Waals surface area contributed by atoms with Crippen LogP contribution in [-0.4, -0.2) is 14.4 Å². The molecule has 3 rings (SSSR count). The second kappa shape index (κ2) is 8.58. The maximum atomic E-state index is 12.3. The summed E-state index contributed by atoms with van der Waals surface area (Å²) in [5.74, 6) is -0.150. The lowest BCUT2D eigenvalue weighted by molar-refractivity contribution is 0.592. The zero-order valence-electron chi connectivity index (χ0n) is 15.3. The number of halogens is 1. The predicted octanol–water partition coefficient (Wildman–Crippen LogP) is 4.22. The lowest BCUT2D eigenvalue weighted by Crippen LogP contribution is -2.36. The first-order valence-corrected chi connectivity index (χ1v) is 10.9. The largest absolute Gasteiger partial charge is 0.369 e. The molecule has 0 unspecified atom stereocenters. The molecule has 0 radical (unpaired) electrons. The second-order valence-electron chi connectivity index (χ2n) is 6.30. The van der Waals surface area contributed by atoms with Gasteiger partial charge in [-0.05, 0) is 41.8 Å². The Balaban J connectivity index is 1.71. The van der Waals surface area contributed by atoms with Gasteiger partial charge in [0.15, 0.2) is 0 Å². The molecule has 0 spiro atoms. The van der Waals surface area contributed by atoms with Gasteiger partial charge in [-0.3, -0.25) is 0 Å². The van der Waals surface area contributed by atoms with Crippen molar-refractivity contribution in [2.45, 2.75) is 18.4 Å². The van der Waals surface area contributed by atoms with Crippen molar-refractivity contribution in [1.82, 2.24) is 4.72 Å². The molecule has 0 fully saturated rings. The fourth-order valence-electron chi connectivity index (χ4n) is 2.63. The maximum absolute atomic E-state index is 12.3. The van der Waals surface area contributed by atoms with Gasteiger partial charge in [-0.1, -0.05) is 76.1 Å². The molecule has 3 N–H and O–H groups in total. The average Bonchev–Trinajstić information content (AvgIpc) is 2.68. The van der Waals surface area contributed by atoms with Crippen LogP contribution in [0.15, 0.2) is 87.2 Å². The quantitative estimate of drug-likeness (QED) is 0.444. The van der Waals surface area contributed by atoms with Crippen molar-refractivity contribution in [3.05, 3.63) is 88.4 Å². The molecule has 144 valence electrons. The molecule has 7 heteroatoms. The van der Waals surface area contributed by atoms with E-state index in [1.54, 1.807) is 18.2 Å². The minimum Gasteiger partial charge on any atom is -0.369 e. The van der Waals surface area contributed by atoms with Crippen molar-refractivity contribution < 1.29 is 8.42 Å². The number of benzene rings is 3. The van der Waals surface area contributed by atoms with Gasteiger partial charge in [0.05, 0.1) is 11.4 Å². The molecule has 0 saturated heterocycles. The zero-order chi connectivity index (χ0) is 20.1. The number of nitrogens with one attached hydrogen (secondary N) is 1. The van der Waals surface area contributed by atoms with E-state index in [-0.39, 0.29) is 17.4 Å². The van der Waals surface area contributed by atoms with Gasteiger partial charge in [-0.25, -0.2) is 18.1 Å². The van der Waals surface area contributed by atoms with Crippen molar-refractivity contribution in [1.29, 1.82) is 0 Å². The number of nitrogens with two attached hydrogens (primary N) is 1. The number of hydrogen-bond acceptors (Lipinski definition) is 3. The fraction of sp³-hybridized carbons (Fsp3) is 0.0952. The maximum Gasteiger partial charge on any atom is 0.264 e. The molecule has 0 aromatic heterocycles. The van der Waals surface area contributed by atoms with Gasteiger partial charge >= 0.3 is 0 Å². The summed E-state index contributed by atoms with van der Waals surface area (Å²) >= 11 is 3.60. The Labute approximate surface area is 173 Å². The molecule has 28 heavy (non-hydrogen) atoms. The van der Waals surface area contributed by atoms with Gasteiger partial charge in [0, 0.05) is 4.47 Å². The van der Waals surface area contributed by atoms with E-state index in [2.05, 4.69) is 56.8 Å². The summed E-state index contributed by atoms with van der Waals surface area (Å²) in [4.78, 5) is 4.28. The molecule has 0 heterocycles. The Hall–Kier alpha value is -2.64. The minimum absolute atomic E-state index is 0.137. The molecule has 3 aromatic rings. The number of aryl methyl sites for hydroxylation is 1. The first-order valence-electron chi connectivity index (χ1n) is 8.58. The number of sulfonamides is 1. The highest BCUT2D eigenvalue weighted by Crippen LogP contribution is 2.29. The third-order valence-corrected chi connectivity index (χ3v) is 6.15. The SMILES string of the molecule is Cc1ccc(-c2ccc(CN=C(N)NS(=O)(=O)c3ccccc3)cc2Br)cc1. The van der Waals surface area contributed by atoms with Crippen LogP contribution in [0, 0.1) is 6.92 Å². The van der Waals surface area contributed by atoms with E-state index in [0.29, 0.717) is 0 Å². The molecule has 0 aliphatic carbocycles. The molecule has 0 atom stereocenters. The van der Waals surface area contributed by atoms with Crippen molar-refractivity contribution in [2.75, 3.05) is 0 Å². The van der Waals surface area contributed by atoms with E-state index >= 15 is 0 Å². The monoisotopic (exact) mass is 457 g/mol. The summed E-state index contributed by atoms with van der Waals surface area (Å²) in [7, 11) is -3.73. The topological polar surface area (TPSA) is 84.5 Å². The highest BCUT2D eigenvalue weighted by Gasteiger charge is 2.14. The number of guanidine groups is 1. The average molecular weight is 458 g/mol. The van der Waals surface area contributed by atoms with Crippen LogP contribution in [-0.2, 0) is 16.6 Å². The number of hydrogen-bond donors (Lipinski definition) is 2. The molecule has 5 nitrogen and oxygen atoms in total. The molecule has 0 saturated carbocycles. The Kier molecular flexibility index (Phi) is 6.16. The van der Waals surface area contributed by atoms with Gasteiger partial charge in [-0.15, -0.1) is 0 Å². The zero-order valence-corrected chi connectivity index (χ0v) is 17.7. The highest BCUT2D eigenvalue weighted by molar-refractivity contribution is 9.10.